The molecule has 0 radical (unpaired) electrons. The van der Waals surface area contributed by atoms with E-state index in [-0.39, 0.29) is 0 Å². The van der Waals surface area contributed by atoms with Gasteiger partial charge < -0.3 is 10.2 Å². The van der Waals surface area contributed by atoms with E-state index in [9.17, 15) is 0 Å². The van der Waals surface area contributed by atoms with Crippen LogP contribution < -0.4 is 0 Å². The van der Waals surface area contributed by atoms with Crippen LogP contribution in [-0.2, 0) is 19.3 Å². The van der Waals surface area contributed by atoms with E-state index < -0.39 is 6.16 Å². The second-order valence-corrected chi connectivity index (χ2v) is 6.11. The molecule has 0 saturated heterocycles. The lowest BCUT2D eigenvalue weighted by atomic mass is 9.95. The van der Waals surface area contributed by atoms with Crippen molar-refractivity contribution in [2.45, 2.75) is 51.4 Å². The van der Waals surface area contributed by atoms with Crippen molar-refractivity contribution in [3.8, 4) is 0 Å². The molecule has 3 nitrogen and oxygen atoms in total. The summed E-state index contributed by atoms with van der Waals surface area (Å²) < 4.78 is 0. The fourth-order valence-corrected chi connectivity index (χ4v) is 3.59. The Morgan fingerprint density at radius 3 is 2.25 bits per heavy atom. The number of fused-ring (bicyclic) bond motifs is 1. The molecule has 2 N–H and O–H groups in total. The minimum atomic E-state index is -1.83. The first-order valence-corrected chi connectivity index (χ1v) is 7.66. The molecule has 0 atom stereocenters. The van der Waals surface area contributed by atoms with Crippen LogP contribution in [0.5, 0.6) is 0 Å². The van der Waals surface area contributed by atoms with Crippen LogP contribution in [0.2, 0.25) is 5.02 Å². The second-order valence-electron chi connectivity index (χ2n) is 5.70. The summed E-state index contributed by atoms with van der Waals surface area (Å²) in [6.45, 7) is 0. The number of hydrogen-bond donors (Lipinski definition) is 2. The van der Waals surface area contributed by atoms with Gasteiger partial charge in [-0.05, 0) is 54.4 Å². The molecule has 2 aliphatic rings. The fraction of sp³-hybridized carbons (Fsp3) is 0.562. The average Bonchev–Trinajstić information content (AvgIpc) is 3.00. The molecule has 0 amide bonds. The van der Waals surface area contributed by atoms with Gasteiger partial charge in [0.15, 0.2) is 0 Å². The Bertz CT molecular complexity index is 475. The first kappa shape index (κ1) is 15.2. The van der Waals surface area contributed by atoms with Crippen molar-refractivity contribution in [2.75, 3.05) is 0 Å². The van der Waals surface area contributed by atoms with E-state index in [2.05, 4.69) is 12.1 Å². The molecule has 1 aromatic rings. The molecule has 1 aromatic carbocycles. The van der Waals surface area contributed by atoms with Crippen LogP contribution in [0.1, 0.15) is 48.8 Å². The summed E-state index contributed by atoms with van der Waals surface area (Å²) in [6.07, 6.45) is 8.87. The molecular formula is C16H21ClO3. The maximum Gasteiger partial charge on any atom is 0.503 e. The topological polar surface area (TPSA) is 57.5 Å². The van der Waals surface area contributed by atoms with Crippen molar-refractivity contribution in [1.29, 1.82) is 0 Å². The highest BCUT2D eigenvalue weighted by Crippen LogP contribution is 2.33. The number of benzene rings is 1. The van der Waals surface area contributed by atoms with E-state index in [0.29, 0.717) is 0 Å². The normalized spacial score (nSPS) is 17.4. The first-order chi connectivity index (χ1) is 9.56. The Labute approximate surface area is 124 Å². The molecule has 0 aliphatic heterocycles. The molecule has 0 heterocycles. The highest BCUT2D eigenvalue weighted by atomic mass is 35.5. The van der Waals surface area contributed by atoms with Gasteiger partial charge in [-0.25, -0.2) is 4.79 Å². The predicted octanol–water partition coefficient (Wildman–Crippen LogP) is 4.78. The van der Waals surface area contributed by atoms with Crippen LogP contribution in [0.4, 0.5) is 4.79 Å². The van der Waals surface area contributed by atoms with E-state index in [4.69, 9.17) is 26.6 Å². The third-order valence-electron chi connectivity index (χ3n) is 4.24. The van der Waals surface area contributed by atoms with Crippen molar-refractivity contribution in [3.63, 3.8) is 0 Å². The van der Waals surface area contributed by atoms with Crippen LogP contribution in [0, 0.1) is 5.92 Å². The van der Waals surface area contributed by atoms with Gasteiger partial charge >= 0.3 is 6.16 Å². The highest BCUT2D eigenvalue weighted by Gasteiger charge is 2.19. The van der Waals surface area contributed by atoms with Gasteiger partial charge in [-0.3, -0.25) is 0 Å². The van der Waals surface area contributed by atoms with Gasteiger partial charge in [0.2, 0.25) is 0 Å². The number of halogens is 1. The molecule has 3 rings (SSSR count). The van der Waals surface area contributed by atoms with E-state index in [1.807, 2.05) is 0 Å². The van der Waals surface area contributed by atoms with Crippen molar-refractivity contribution in [1.82, 2.24) is 0 Å². The maximum absolute atomic E-state index is 8.56. The van der Waals surface area contributed by atoms with Gasteiger partial charge in [-0.1, -0.05) is 43.4 Å². The summed E-state index contributed by atoms with van der Waals surface area (Å²) in [6, 6.07) is 4.62. The monoisotopic (exact) mass is 296 g/mol. The Kier molecular flexibility index (Phi) is 5.30. The molecule has 1 fully saturated rings. The zero-order chi connectivity index (χ0) is 14.5. The van der Waals surface area contributed by atoms with E-state index in [1.165, 1.54) is 62.5 Å². The third kappa shape index (κ3) is 4.14. The van der Waals surface area contributed by atoms with Gasteiger partial charge in [0.1, 0.15) is 0 Å². The van der Waals surface area contributed by atoms with Crippen molar-refractivity contribution in [3.05, 3.63) is 33.8 Å². The molecule has 0 bridgehead atoms. The van der Waals surface area contributed by atoms with Gasteiger partial charge in [0.05, 0.1) is 0 Å². The Morgan fingerprint density at radius 1 is 1.10 bits per heavy atom. The number of rotatable bonds is 2. The average molecular weight is 297 g/mol. The second kappa shape index (κ2) is 6.98. The largest absolute Gasteiger partial charge is 0.503 e. The predicted molar refractivity (Wildman–Crippen MR) is 79.8 cm³/mol. The molecular weight excluding hydrogens is 276 g/mol. The van der Waals surface area contributed by atoms with E-state index in [1.54, 1.807) is 5.56 Å². The van der Waals surface area contributed by atoms with Gasteiger partial charge in [0.25, 0.3) is 0 Å². The summed E-state index contributed by atoms with van der Waals surface area (Å²) >= 11 is 6.39. The van der Waals surface area contributed by atoms with Crippen LogP contribution in [0.25, 0.3) is 0 Å². The number of hydrogen-bond acceptors (Lipinski definition) is 1. The van der Waals surface area contributed by atoms with Crippen LogP contribution in [0.15, 0.2) is 12.1 Å². The first-order valence-electron chi connectivity index (χ1n) is 7.28. The fourth-order valence-electron chi connectivity index (χ4n) is 3.33. The zero-order valence-electron chi connectivity index (χ0n) is 11.6. The van der Waals surface area contributed by atoms with Crippen LogP contribution in [0.3, 0.4) is 0 Å². The standard InChI is InChI=1S/C15H19Cl.CH2O3/c16-15-10-13-7-3-6-12(13)9-14(15)8-11-4-1-2-5-11;2-1(3)4/h9-11H,1-8H2;(H2,2,3,4). The minimum Gasteiger partial charge on any atom is -0.450 e. The molecule has 0 aromatic heterocycles. The molecule has 4 heteroatoms. The summed E-state index contributed by atoms with van der Waals surface area (Å²) in [5.41, 5.74) is 4.48. The zero-order valence-corrected chi connectivity index (χ0v) is 12.3. The van der Waals surface area contributed by atoms with Gasteiger partial charge in [-0.15, -0.1) is 0 Å². The third-order valence-corrected chi connectivity index (χ3v) is 4.60. The molecule has 0 unspecified atom stereocenters. The summed E-state index contributed by atoms with van der Waals surface area (Å²) in [7, 11) is 0. The van der Waals surface area contributed by atoms with E-state index in [0.717, 1.165) is 10.9 Å². The number of aryl methyl sites for hydroxylation is 2. The molecule has 0 spiro atoms. The summed E-state index contributed by atoms with van der Waals surface area (Å²) in [4.78, 5) is 8.56. The smallest absolute Gasteiger partial charge is 0.450 e. The van der Waals surface area contributed by atoms with Crippen LogP contribution >= 0.6 is 11.6 Å². The lowest BCUT2D eigenvalue weighted by Crippen LogP contribution is -2.00. The molecule has 2 aliphatic carbocycles. The summed E-state index contributed by atoms with van der Waals surface area (Å²) in [5.74, 6) is 0.900. The minimum absolute atomic E-state index is 0.900. The van der Waals surface area contributed by atoms with Gasteiger partial charge in [-0.2, -0.15) is 0 Å². The van der Waals surface area contributed by atoms with Crippen molar-refractivity contribution >= 4 is 17.8 Å². The van der Waals surface area contributed by atoms with E-state index >= 15 is 0 Å². The molecule has 20 heavy (non-hydrogen) atoms. The maximum atomic E-state index is 8.56. The number of carbonyl (C=O) groups is 1. The van der Waals surface area contributed by atoms with Crippen LogP contribution in [-0.4, -0.2) is 16.4 Å². The lowest BCUT2D eigenvalue weighted by Gasteiger charge is -2.12. The Morgan fingerprint density at radius 2 is 1.65 bits per heavy atom. The SMILES string of the molecule is Clc1cc2c(cc1CC1CCCC1)CCC2.O=C(O)O. The van der Waals surface area contributed by atoms with Crippen molar-refractivity contribution < 1.29 is 15.0 Å². The summed E-state index contributed by atoms with van der Waals surface area (Å²) in [5, 5.41) is 15.0. The Hall–Kier alpha value is -1.22. The number of carboxylic acid groups (broad SMARTS) is 2. The lowest BCUT2D eigenvalue weighted by molar-refractivity contribution is 0.137. The van der Waals surface area contributed by atoms with Crippen molar-refractivity contribution in [2.24, 2.45) is 5.92 Å². The van der Waals surface area contributed by atoms with Gasteiger partial charge in [0, 0.05) is 5.02 Å². The quantitative estimate of drug-likeness (QED) is 0.825. The molecule has 110 valence electrons. The highest BCUT2D eigenvalue weighted by molar-refractivity contribution is 6.31. The molecule has 1 saturated carbocycles. The Balaban J connectivity index is 0.000000328.